The van der Waals surface area contributed by atoms with E-state index in [1.807, 2.05) is 0 Å². The molecule has 0 unspecified atom stereocenters. The Bertz CT molecular complexity index is 1440. The summed E-state index contributed by atoms with van der Waals surface area (Å²) < 4.78 is 43.0. The lowest BCUT2D eigenvalue weighted by Crippen LogP contribution is -2.17. The molecule has 0 fully saturated rings. The van der Waals surface area contributed by atoms with Crippen LogP contribution in [0.25, 0.3) is 21.3 Å². The quantitative estimate of drug-likeness (QED) is 0.312. The summed E-state index contributed by atoms with van der Waals surface area (Å²) in [6.45, 7) is 1.68. The van der Waals surface area contributed by atoms with Gasteiger partial charge in [0.05, 0.1) is 16.4 Å². The van der Waals surface area contributed by atoms with Crippen molar-refractivity contribution in [2.75, 3.05) is 5.32 Å². The highest BCUT2D eigenvalue weighted by Gasteiger charge is 2.35. The third kappa shape index (κ3) is 4.04. The third-order valence-electron chi connectivity index (χ3n) is 4.82. The average molecular weight is 607 g/mol. The minimum atomic E-state index is -4.74. The van der Waals surface area contributed by atoms with Crippen molar-refractivity contribution in [3.8, 4) is 11.1 Å². The minimum absolute atomic E-state index is 0.0457. The maximum atomic E-state index is 13.6. The van der Waals surface area contributed by atoms with Gasteiger partial charge in [0, 0.05) is 23.7 Å². The van der Waals surface area contributed by atoms with E-state index >= 15 is 0 Å². The highest BCUT2D eigenvalue weighted by molar-refractivity contribution is 9.13. The summed E-state index contributed by atoms with van der Waals surface area (Å²) in [6, 6.07) is 0.862. The van der Waals surface area contributed by atoms with Crippen molar-refractivity contribution in [3.05, 3.63) is 43.3 Å². The van der Waals surface area contributed by atoms with Gasteiger partial charge < -0.3 is 11.1 Å². The van der Waals surface area contributed by atoms with Crippen LogP contribution >= 0.6 is 43.2 Å². The van der Waals surface area contributed by atoms with Crippen LogP contribution in [0.5, 0.6) is 0 Å². The van der Waals surface area contributed by atoms with Gasteiger partial charge in [0.2, 0.25) is 0 Å². The van der Waals surface area contributed by atoms with E-state index in [0.717, 1.165) is 6.07 Å². The molecule has 33 heavy (non-hydrogen) atoms. The fourth-order valence-corrected chi connectivity index (χ4v) is 4.78. The van der Waals surface area contributed by atoms with Gasteiger partial charge in [-0.25, -0.2) is 4.98 Å². The van der Waals surface area contributed by atoms with Crippen LogP contribution in [0.4, 0.5) is 18.9 Å². The van der Waals surface area contributed by atoms with Crippen molar-refractivity contribution < 1.29 is 22.8 Å². The van der Waals surface area contributed by atoms with Crippen molar-refractivity contribution >= 4 is 70.9 Å². The number of aryl methyl sites for hydroxylation is 1. The van der Waals surface area contributed by atoms with E-state index < -0.39 is 23.7 Å². The van der Waals surface area contributed by atoms with Gasteiger partial charge in [0.1, 0.15) is 20.0 Å². The average Bonchev–Trinajstić information content (AvgIpc) is 3.37. The van der Waals surface area contributed by atoms with E-state index in [-0.39, 0.29) is 32.0 Å². The molecule has 9 nitrogen and oxygen atoms in total. The van der Waals surface area contributed by atoms with Crippen LogP contribution in [0.15, 0.2) is 21.3 Å². The van der Waals surface area contributed by atoms with Crippen molar-refractivity contribution in [3.63, 3.8) is 0 Å². The second kappa shape index (κ2) is 8.22. The number of aromatic amines is 1. The number of hydrogen-bond acceptors (Lipinski definition) is 6. The molecule has 2 amide bonds. The van der Waals surface area contributed by atoms with Crippen LogP contribution in [-0.2, 0) is 13.2 Å². The number of fused-ring (bicyclic) bond motifs is 1. The van der Waals surface area contributed by atoms with Crippen molar-refractivity contribution in [2.24, 2.45) is 12.8 Å². The molecule has 0 aliphatic carbocycles. The molecule has 0 bridgehead atoms. The summed E-state index contributed by atoms with van der Waals surface area (Å²) in [4.78, 5) is 28.5. The molecule has 4 rings (SSSR count). The molecule has 0 atom stereocenters. The normalized spacial score (nSPS) is 11.8. The molecule has 0 aromatic carbocycles. The summed E-state index contributed by atoms with van der Waals surface area (Å²) in [5.74, 6) is -1.65. The van der Waals surface area contributed by atoms with E-state index in [1.165, 1.54) is 10.9 Å². The van der Waals surface area contributed by atoms with E-state index in [4.69, 9.17) is 5.73 Å². The standard InChI is InChI=1S/C18H12Br2F3N7O2S/c1-5-7(4-25-30(5)2)6-3-8(18(21,22)23)26-17-9(6)11(13(33-17)15(24)31)27-16(32)12-10(19)14(20)29-28-12/h3-4H,1-2H3,(H2,24,31)(H,27,32)(H,28,29). The van der Waals surface area contributed by atoms with Gasteiger partial charge >= 0.3 is 6.18 Å². The molecule has 15 heteroatoms. The summed E-state index contributed by atoms with van der Waals surface area (Å²) in [5, 5.41) is 13.2. The van der Waals surface area contributed by atoms with E-state index in [9.17, 15) is 22.8 Å². The molecule has 0 saturated carbocycles. The number of carbonyl (C=O) groups is 2. The van der Waals surface area contributed by atoms with Crippen LogP contribution in [0.3, 0.4) is 0 Å². The number of rotatable bonds is 4. The van der Waals surface area contributed by atoms with Gasteiger partial charge in [-0.05, 0) is 50.4 Å². The predicted molar refractivity (Wildman–Crippen MR) is 122 cm³/mol. The molecule has 4 aromatic heterocycles. The second-order valence-electron chi connectivity index (χ2n) is 6.82. The maximum Gasteiger partial charge on any atom is 0.433 e. The summed E-state index contributed by atoms with van der Waals surface area (Å²) in [7, 11) is 1.64. The SMILES string of the molecule is Cc1c(-c2cc(C(F)(F)F)nc3sc(C(N)=O)c(NC(=O)c4n[nH]c(Br)c4Br)c23)cnn1C. The minimum Gasteiger partial charge on any atom is -0.365 e. The highest BCUT2D eigenvalue weighted by Crippen LogP contribution is 2.44. The first-order valence-electron chi connectivity index (χ1n) is 8.94. The molecule has 4 aromatic rings. The number of nitrogens with zero attached hydrogens (tertiary/aromatic N) is 4. The Morgan fingerprint density at radius 2 is 1.97 bits per heavy atom. The number of halogens is 5. The lowest BCUT2D eigenvalue weighted by molar-refractivity contribution is -0.140. The topological polar surface area (TPSA) is 132 Å². The number of hydrogen-bond donors (Lipinski definition) is 3. The number of primary amides is 1. The van der Waals surface area contributed by atoms with Gasteiger partial charge in [-0.2, -0.15) is 23.4 Å². The second-order valence-corrected chi connectivity index (χ2v) is 9.41. The molecule has 0 radical (unpaired) electrons. The molecule has 172 valence electrons. The van der Waals surface area contributed by atoms with Crippen LogP contribution < -0.4 is 11.1 Å². The monoisotopic (exact) mass is 605 g/mol. The Hall–Kier alpha value is -2.78. The van der Waals surface area contributed by atoms with Gasteiger partial charge in [0.15, 0.2) is 5.69 Å². The number of amides is 2. The number of H-pyrrole nitrogens is 1. The Labute approximate surface area is 203 Å². The third-order valence-corrected chi connectivity index (χ3v) is 7.80. The van der Waals surface area contributed by atoms with E-state index in [2.05, 4.69) is 57.5 Å². The first-order valence-corrected chi connectivity index (χ1v) is 11.3. The Balaban J connectivity index is 2.02. The number of aromatic nitrogens is 5. The van der Waals surface area contributed by atoms with Crippen LogP contribution in [0, 0.1) is 6.92 Å². The summed E-state index contributed by atoms with van der Waals surface area (Å²) in [5.41, 5.74) is 5.28. The van der Waals surface area contributed by atoms with Crippen molar-refractivity contribution in [2.45, 2.75) is 13.1 Å². The van der Waals surface area contributed by atoms with Gasteiger partial charge in [-0.3, -0.25) is 19.4 Å². The number of nitrogens with two attached hydrogens (primary N) is 1. The zero-order chi connectivity index (χ0) is 24.2. The van der Waals surface area contributed by atoms with Crippen molar-refractivity contribution in [1.82, 2.24) is 25.0 Å². The highest BCUT2D eigenvalue weighted by atomic mass is 79.9. The molecule has 4 heterocycles. The molecule has 0 aliphatic heterocycles. The zero-order valence-corrected chi connectivity index (χ0v) is 20.6. The number of thiophene rings is 1. The molecule has 0 aliphatic rings. The first kappa shape index (κ1) is 23.4. The molecule has 4 N–H and O–H groups in total. The van der Waals surface area contributed by atoms with Crippen LogP contribution in [-0.4, -0.2) is 36.8 Å². The largest absolute Gasteiger partial charge is 0.433 e. The zero-order valence-electron chi connectivity index (χ0n) is 16.6. The van der Waals surface area contributed by atoms with Gasteiger partial charge in [0.25, 0.3) is 11.8 Å². The molecule has 0 spiro atoms. The number of alkyl halides is 3. The van der Waals surface area contributed by atoms with E-state index in [0.29, 0.717) is 31.7 Å². The van der Waals surface area contributed by atoms with Crippen LogP contribution in [0.1, 0.15) is 31.5 Å². The molecular formula is C18H12Br2F3N7O2S. The maximum absolute atomic E-state index is 13.6. The predicted octanol–water partition coefficient (Wildman–Crippen LogP) is 4.62. The Morgan fingerprint density at radius 1 is 1.27 bits per heavy atom. The Kier molecular flexibility index (Phi) is 5.82. The number of anilines is 1. The lowest BCUT2D eigenvalue weighted by atomic mass is 10.0. The summed E-state index contributed by atoms with van der Waals surface area (Å²) in [6.07, 6.45) is -3.34. The van der Waals surface area contributed by atoms with Gasteiger partial charge in [-0.1, -0.05) is 0 Å². The molecular weight excluding hydrogens is 595 g/mol. The Morgan fingerprint density at radius 3 is 2.48 bits per heavy atom. The fourth-order valence-electron chi connectivity index (χ4n) is 3.14. The number of carbonyl (C=O) groups excluding carboxylic acids is 2. The van der Waals surface area contributed by atoms with Crippen LogP contribution in [0.2, 0.25) is 0 Å². The summed E-state index contributed by atoms with van der Waals surface area (Å²) >= 11 is 7.04. The smallest absolute Gasteiger partial charge is 0.365 e. The van der Waals surface area contributed by atoms with E-state index in [1.54, 1.807) is 14.0 Å². The fraction of sp³-hybridized carbons (Fsp3) is 0.167. The van der Waals surface area contributed by atoms with Crippen molar-refractivity contribution in [1.29, 1.82) is 0 Å². The van der Waals surface area contributed by atoms with Gasteiger partial charge in [-0.15, -0.1) is 11.3 Å². The number of pyridine rings is 1. The molecule has 0 saturated heterocycles. The first-order chi connectivity index (χ1) is 15.4. The lowest BCUT2D eigenvalue weighted by Gasteiger charge is -2.12. The number of nitrogens with one attached hydrogen (secondary N) is 2.